The van der Waals surface area contributed by atoms with Crippen molar-refractivity contribution >= 4 is 10.3 Å². The topological polar surface area (TPSA) is 62.8 Å². The molecule has 0 spiro atoms. The highest BCUT2D eigenvalue weighted by Gasteiger charge is 1.76. The van der Waals surface area contributed by atoms with E-state index in [0.717, 1.165) is 0 Å². The van der Waals surface area contributed by atoms with Crippen LogP contribution < -0.4 is 0 Å². The normalized spacial score (nSPS) is 8.89. The van der Waals surface area contributed by atoms with Gasteiger partial charge < -0.3 is 4.98 Å². The Hall–Kier alpha value is -1.10. The fourth-order valence-electron chi connectivity index (χ4n) is 0.402. The fourth-order valence-corrected chi connectivity index (χ4v) is 0.713. The van der Waals surface area contributed by atoms with Crippen molar-refractivity contribution in [2.75, 3.05) is 0 Å². The molecular formula is C4H4N2O2S. The second kappa shape index (κ2) is 2.45. The van der Waals surface area contributed by atoms with Crippen LogP contribution in [-0.2, 0) is 10.3 Å². The molecule has 0 unspecified atom stereocenters. The molecule has 1 aromatic heterocycles. The lowest BCUT2D eigenvalue weighted by atomic mass is 10.7. The number of aromatic nitrogens is 2. The highest BCUT2D eigenvalue weighted by Crippen LogP contribution is 1.72. The maximum Gasteiger partial charge on any atom is 0.258 e. The molecule has 0 aliphatic rings. The van der Waals surface area contributed by atoms with Gasteiger partial charge in [-0.05, 0) is 6.07 Å². The van der Waals surface area contributed by atoms with Gasteiger partial charge in [-0.25, -0.2) is 4.98 Å². The van der Waals surface area contributed by atoms with Crippen LogP contribution in [0, 0.1) is 4.77 Å². The van der Waals surface area contributed by atoms with E-state index < -0.39 is 10.3 Å². The number of hydrogen-bond acceptors (Lipinski definition) is 3. The van der Waals surface area contributed by atoms with E-state index in [-0.39, 0.29) is 4.77 Å². The lowest BCUT2D eigenvalue weighted by Gasteiger charge is -1.76. The van der Waals surface area contributed by atoms with Crippen molar-refractivity contribution in [1.82, 2.24) is 9.97 Å². The molecule has 5 heteroatoms. The van der Waals surface area contributed by atoms with Crippen molar-refractivity contribution in [3.05, 3.63) is 23.2 Å². The van der Waals surface area contributed by atoms with Crippen LogP contribution in [0.1, 0.15) is 0 Å². The summed E-state index contributed by atoms with van der Waals surface area (Å²) in [5, 5.41) is 0. The van der Waals surface area contributed by atoms with E-state index in [1.54, 1.807) is 6.07 Å². The zero-order chi connectivity index (χ0) is 6.69. The van der Waals surface area contributed by atoms with Crippen molar-refractivity contribution < 1.29 is 8.42 Å². The molecule has 0 fully saturated rings. The monoisotopic (exact) mass is 144 g/mol. The maximum atomic E-state index is 10.1. The summed E-state index contributed by atoms with van der Waals surface area (Å²) in [5.74, 6) is 0. The van der Waals surface area contributed by atoms with Gasteiger partial charge in [0.1, 0.15) is 0 Å². The van der Waals surface area contributed by atoms with E-state index in [9.17, 15) is 8.42 Å². The molecule has 0 aromatic carbocycles. The highest BCUT2D eigenvalue weighted by molar-refractivity contribution is 7.63. The van der Waals surface area contributed by atoms with Gasteiger partial charge in [-0.1, -0.05) is 0 Å². The van der Waals surface area contributed by atoms with Crippen molar-refractivity contribution in [3.63, 3.8) is 0 Å². The molecule has 0 bridgehead atoms. The van der Waals surface area contributed by atoms with Crippen LogP contribution in [0.25, 0.3) is 0 Å². The van der Waals surface area contributed by atoms with Crippen LogP contribution >= 0.6 is 0 Å². The number of aromatic amines is 1. The summed E-state index contributed by atoms with van der Waals surface area (Å²) >= 11 is 0. The van der Waals surface area contributed by atoms with Gasteiger partial charge in [-0.2, -0.15) is 8.42 Å². The molecule has 1 rings (SSSR count). The standard InChI is InChI=1S/C4H4N2O2S/c7-9(8)4-5-2-1-3-6-4/h1-3,5H. The first-order valence-electron chi connectivity index (χ1n) is 2.22. The summed E-state index contributed by atoms with van der Waals surface area (Å²) in [7, 11) is -2.25. The van der Waals surface area contributed by atoms with Crippen LogP contribution in [-0.4, -0.2) is 18.4 Å². The lowest BCUT2D eigenvalue weighted by Crippen LogP contribution is -1.79. The number of nitrogens with zero attached hydrogens (tertiary/aromatic N) is 1. The second-order valence-electron chi connectivity index (χ2n) is 1.32. The van der Waals surface area contributed by atoms with Crippen LogP contribution in [0.3, 0.4) is 0 Å². The number of hydrogen-bond donors (Lipinski definition) is 1. The summed E-state index contributed by atoms with van der Waals surface area (Å²) in [6.07, 6.45) is 2.90. The Bertz CT molecular complexity index is 325. The summed E-state index contributed by atoms with van der Waals surface area (Å²) in [4.78, 5) is 5.95. The maximum absolute atomic E-state index is 10.1. The largest absolute Gasteiger partial charge is 0.334 e. The first-order valence-corrected chi connectivity index (χ1v) is 3.30. The molecule has 1 aromatic rings. The van der Waals surface area contributed by atoms with Crippen molar-refractivity contribution in [2.45, 2.75) is 0 Å². The fraction of sp³-hybridized carbons (Fsp3) is 0. The van der Waals surface area contributed by atoms with Gasteiger partial charge in [-0.3, -0.25) is 0 Å². The molecule has 1 heterocycles. The van der Waals surface area contributed by atoms with Gasteiger partial charge in [0.15, 0.2) is 0 Å². The Balaban J connectivity index is 3.67. The van der Waals surface area contributed by atoms with E-state index in [4.69, 9.17) is 0 Å². The van der Waals surface area contributed by atoms with Crippen LogP contribution in [0.2, 0.25) is 0 Å². The van der Waals surface area contributed by atoms with Crippen molar-refractivity contribution in [1.29, 1.82) is 0 Å². The molecule has 48 valence electrons. The Morgan fingerprint density at radius 2 is 2.33 bits per heavy atom. The quantitative estimate of drug-likeness (QED) is 0.514. The molecule has 1 N–H and O–H groups in total. The SMILES string of the molecule is O=S(=O)=c1nccc[nH]1. The third-order valence-electron chi connectivity index (χ3n) is 0.739. The highest BCUT2D eigenvalue weighted by atomic mass is 32.2. The minimum absolute atomic E-state index is 0.0440. The third-order valence-corrected chi connectivity index (χ3v) is 1.28. The number of H-pyrrole nitrogens is 1. The van der Waals surface area contributed by atoms with E-state index in [1.807, 2.05) is 0 Å². The minimum atomic E-state index is -2.25. The predicted molar refractivity (Wildman–Crippen MR) is 30.8 cm³/mol. The third kappa shape index (κ3) is 1.39. The van der Waals surface area contributed by atoms with Gasteiger partial charge in [-0.15, -0.1) is 0 Å². The average Bonchev–Trinajstić information content (AvgIpc) is 1.90. The molecule has 0 saturated heterocycles. The van der Waals surface area contributed by atoms with Crippen LogP contribution in [0.5, 0.6) is 0 Å². The molecule has 0 amide bonds. The van der Waals surface area contributed by atoms with Gasteiger partial charge in [0.05, 0.1) is 0 Å². The summed E-state index contributed by atoms with van der Waals surface area (Å²) in [6, 6.07) is 1.61. The number of nitrogens with one attached hydrogen (secondary N) is 1. The van der Waals surface area contributed by atoms with Gasteiger partial charge >= 0.3 is 0 Å². The Kier molecular flexibility index (Phi) is 1.64. The summed E-state index contributed by atoms with van der Waals surface area (Å²) in [5.41, 5.74) is 0. The molecule has 4 nitrogen and oxygen atoms in total. The zero-order valence-corrected chi connectivity index (χ0v) is 5.22. The zero-order valence-electron chi connectivity index (χ0n) is 4.40. The molecule has 0 radical (unpaired) electrons. The van der Waals surface area contributed by atoms with E-state index in [2.05, 4.69) is 9.97 Å². The molecule has 0 aliphatic heterocycles. The Morgan fingerprint density at radius 3 is 2.67 bits per heavy atom. The second-order valence-corrected chi connectivity index (χ2v) is 2.18. The molecule has 0 aliphatic carbocycles. The van der Waals surface area contributed by atoms with Gasteiger partial charge in [0.25, 0.3) is 15.1 Å². The first kappa shape index (κ1) is 6.03. The molecule has 0 saturated carbocycles. The summed E-state index contributed by atoms with van der Waals surface area (Å²) < 4.78 is 20.2. The predicted octanol–water partition coefficient (Wildman–Crippen LogP) is -0.179. The van der Waals surface area contributed by atoms with Crippen LogP contribution in [0.4, 0.5) is 0 Å². The molecule has 9 heavy (non-hydrogen) atoms. The Labute approximate surface area is 52.7 Å². The lowest BCUT2D eigenvalue weighted by molar-refractivity contribution is 0.623. The van der Waals surface area contributed by atoms with Gasteiger partial charge in [0, 0.05) is 12.4 Å². The van der Waals surface area contributed by atoms with Gasteiger partial charge in [0.2, 0.25) is 0 Å². The summed E-state index contributed by atoms with van der Waals surface area (Å²) in [6.45, 7) is 0. The van der Waals surface area contributed by atoms with Crippen molar-refractivity contribution in [3.8, 4) is 0 Å². The smallest absolute Gasteiger partial charge is 0.258 e. The van der Waals surface area contributed by atoms with E-state index in [0.29, 0.717) is 0 Å². The minimum Gasteiger partial charge on any atom is -0.334 e. The van der Waals surface area contributed by atoms with Crippen LogP contribution in [0.15, 0.2) is 18.5 Å². The Morgan fingerprint density at radius 1 is 1.56 bits per heavy atom. The first-order chi connectivity index (χ1) is 4.30. The van der Waals surface area contributed by atoms with E-state index >= 15 is 0 Å². The average molecular weight is 144 g/mol. The van der Waals surface area contributed by atoms with Crippen molar-refractivity contribution in [2.24, 2.45) is 0 Å². The molecular weight excluding hydrogens is 140 g/mol. The molecule has 0 atom stereocenters. The van der Waals surface area contributed by atoms with E-state index in [1.165, 1.54) is 12.4 Å². The number of rotatable bonds is 0.